The van der Waals surface area contributed by atoms with Gasteiger partial charge >= 0.3 is 0 Å². The minimum Gasteiger partial charge on any atom is -0.496 e. The Morgan fingerprint density at radius 1 is 1.22 bits per heavy atom. The fraction of sp³-hybridized carbons (Fsp3) is 0.364. The summed E-state index contributed by atoms with van der Waals surface area (Å²) < 4.78 is 5.37. The van der Waals surface area contributed by atoms with Gasteiger partial charge in [-0.25, -0.2) is 0 Å². The monoisotopic (exact) mass is 365 g/mol. The average molecular weight is 365 g/mol. The summed E-state index contributed by atoms with van der Waals surface area (Å²) in [5.74, 6) is 0.753. The number of rotatable bonds is 8. The number of methoxy groups -OCH3 is 1. The van der Waals surface area contributed by atoms with E-state index in [0.717, 1.165) is 23.4 Å². The van der Waals surface area contributed by atoms with Crippen LogP contribution in [0.4, 0.5) is 5.69 Å². The number of nitrogens with zero attached hydrogens (tertiary/aromatic N) is 1. The van der Waals surface area contributed by atoms with Crippen LogP contribution in [0.3, 0.4) is 0 Å². The molecule has 0 atom stereocenters. The lowest BCUT2D eigenvalue weighted by atomic mass is 9.97. The molecule has 1 aromatic heterocycles. The number of carbonyl (C=O) groups excluding carboxylic acids is 1. The summed E-state index contributed by atoms with van der Waals surface area (Å²) in [6.07, 6.45) is 11.5. The van der Waals surface area contributed by atoms with E-state index in [0.29, 0.717) is 18.7 Å². The van der Waals surface area contributed by atoms with E-state index in [1.165, 1.54) is 31.3 Å². The van der Waals surface area contributed by atoms with Gasteiger partial charge in [-0.2, -0.15) is 0 Å². The number of hydrogen-bond donors (Lipinski definition) is 2. The minimum absolute atomic E-state index is 0.0835. The molecule has 1 amide bonds. The van der Waals surface area contributed by atoms with E-state index < -0.39 is 0 Å². The highest BCUT2D eigenvalue weighted by Gasteiger charge is 2.09. The van der Waals surface area contributed by atoms with Crippen molar-refractivity contribution in [1.29, 1.82) is 0 Å². The van der Waals surface area contributed by atoms with Crippen LogP contribution in [-0.4, -0.2) is 24.5 Å². The number of aromatic nitrogens is 1. The van der Waals surface area contributed by atoms with Crippen LogP contribution in [0.1, 0.15) is 48.0 Å². The van der Waals surface area contributed by atoms with Crippen molar-refractivity contribution in [2.24, 2.45) is 0 Å². The molecular weight excluding hydrogens is 338 g/mol. The van der Waals surface area contributed by atoms with Crippen molar-refractivity contribution < 1.29 is 9.53 Å². The summed E-state index contributed by atoms with van der Waals surface area (Å²) in [6, 6.07) is 9.69. The highest BCUT2D eigenvalue weighted by molar-refractivity contribution is 5.94. The van der Waals surface area contributed by atoms with Crippen LogP contribution in [0, 0.1) is 0 Å². The molecular formula is C22H27N3O2. The largest absolute Gasteiger partial charge is 0.496 e. The maximum absolute atomic E-state index is 12.4. The highest BCUT2D eigenvalue weighted by Crippen LogP contribution is 2.20. The third kappa shape index (κ3) is 5.58. The quantitative estimate of drug-likeness (QED) is 0.684. The summed E-state index contributed by atoms with van der Waals surface area (Å²) >= 11 is 0. The maximum Gasteiger partial charge on any atom is 0.252 e. The van der Waals surface area contributed by atoms with Gasteiger partial charge in [-0.1, -0.05) is 29.8 Å². The normalized spacial score (nSPS) is 13.6. The summed E-state index contributed by atoms with van der Waals surface area (Å²) in [7, 11) is 1.66. The Hall–Kier alpha value is -2.82. The lowest BCUT2D eigenvalue weighted by Crippen LogP contribution is -2.25. The maximum atomic E-state index is 12.4. The number of nitrogens with one attached hydrogen (secondary N) is 2. The third-order valence-electron chi connectivity index (χ3n) is 4.79. The predicted octanol–water partition coefficient (Wildman–Crippen LogP) is 4.32. The molecule has 2 N–H and O–H groups in total. The number of hydrogen-bond acceptors (Lipinski definition) is 4. The topological polar surface area (TPSA) is 63.2 Å². The number of ether oxygens (including phenoxy) is 1. The fourth-order valence-corrected chi connectivity index (χ4v) is 3.28. The molecule has 1 heterocycles. The van der Waals surface area contributed by atoms with Crippen molar-refractivity contribution in [2.45, 2.75) is 38.6 Å². The smallest absolute Gasteiger partial charge is 0.252 e. The van der Waals surface area contributed by atoms with E-state index in [-0.39, 0.29) is 5.91 Å². The van der Waals surface area contributed by atoms with Crippen molar-refractivity contribution in [1.82, 2.24) is 10.3 Å². The van der Waals surface area contributed by atoms with Crippen LogP contribution in [0.15, 0.2) is 54.4 Å². The van der Waals surface area contributed by atoms with E-state index in [4.69, 9.17) is 4.74 Å². The van der Waals surface area contributed by atoms with Crippen molar-refractivity contribution in [3.63, 3.8) is 0 Å². The van der Waals surface area contributed by atoms with Crippen molar-refractivity contribution in [3.05, 3.63) is 65.5 Å². The SMILES string of the molecule is COc1ccccc1CNc1cncc(C(=O)NCCC2=CCCCC2)c1. The number of anilines is 1. The molecule has 1 aliphatic carbocycles. The first-order chi connectivity index (χ1) is 13.3. The van der Waals surface area contributed by atoms with Gasteiger partial charge in [0.25, 0.3) is 5.91 Å². The van der Waals surface area contributed by atoms with Crippen LogP contribution in [0.25, 0.3) is 0 Å². The molecule has 2 aromatic rings. The molecule has 0 saturated carbocycles. The zero-order valence-corrected chi connectivity index (χ0v) is 15.8. The number of carbonyl (C=O) groups is 1. The molecule has 0 bridgehead atoms. The second-order valence-electron chi connectivity index (χ2n) is 6.74. The van der Waals surface area contributed by atoms with E-state index in [1.54, 1.807) is 19.5 Å². The van der Waals surface area contributed by atoms with Crippen LogP contribution < -0.4 is 15.4 Å². The Morgan fingerprint density at radius 3 is 2.93 bits per heavy atom. The van der Waals surface area contributed by atoms with Gasteiger partial charge in [-0.15, -0.1) is 0 Å². The molecule has 27 heavy (non-hydrogen) atoms. The van der Waals surface area contributed by atoms with Gasteiger partial charge < -0.3 is 15.4 Å². The average Bonchev–Trinajstić information content (AvgIpc) is 2.73. The van der Waals surface area contributed by atoms with Gasteiger partial charge in [0.15, 0.2) is 0 Å². The molecule has 0 saturated heterocycles. The van der Waals surface area contributed by atoms with Crippen LogP contribution in [-0.2, 0) is 6.54 Å². The zero-order chi connectivity index (χ0) is 18.9. The Bertz CT molecular complexity index is 802. The molecule has 1 aliphatic rings. The number of benzene rings is 1. The molecule has 1 aromatic carbocycles. The molecule has 0 unspecified atom stereocenters. The van der Waals surface area contributed by atoms with E-state index in [1.807, 2.05) is 30.3 Å². The lowest BCUT2D eigenvalue weighted by molar-refractivity contribution is 0.0953. The van der Waals surface area contributed by atoms with Gasteiger partial charge in [0.1, 0.15) is 5.75 Å². The second-order valence-corrected chi connectivity index (χ2v) is 6.74. The third-order valence-corrected chi connectivity index (χ3v) is 4.79. The first-order valence-corrected chi connectivity index (χ1v) is 9.53. The van der Waals surface area contributed by atoms with Crippen LogP contribution in [0.5, 0.6) is 5.75 Å². The fourth-order valence-electron chi connectivity index (χ4n) is 3.28. The Balaban J connectivity index is 1.53. The summed E-state index contributed by atoms with van der Waals surface area (Å²) in [6.45, 7) is 1.27. The molecule has 0 radical (unpaired) electrons. The van der Waals surface area contributed by atoms with Crippen molar-refractivity contribution >= 4 is 11.6 Å². The molecule has 0 fully saturated rings. The highest BCUT2D eigenvalue weighted by atomic mass is 16.5. The Kier molecular flexibility index (Phi) is 6.85. The number of pyridine rings is 1. The number of para-hydroxylation sites is 1. The molecule has 5 heteroatoms. The molecule has 142 valence electrons. The van der Waals surface area contributed by atoms with Crippen LogP contribution >= 0.6 is 0 Å². The summed E-state index contributed by atoms with van der Waals surface area (Å²) in [5, 5.41) is 6.31. The summed E-state index contributed by atoms with van der Waals surface area (Å²) in [4.78, 5) is 16.6. The molecule has 3 rings (SSSR count). The Morgan fingerprint density at radius 2 is 2.11 bits per heavy atom. The minimum atomic E-state index is -0.0835. The van der Waals surface area contributed by atoms with E-state index >= 15 is 0 Å². The van der Waals surface area contributed by atoms with E-state index in [2.05, 4.69) is 21.7 Å². The molecule has 0 spiro atoms. The van der Waals surface area contributed by atoms with Gasteiger partial charge in [0.2, 0.25) is 0 Å². The van der Waals surface area contributed by atoms with E-state index in [9.17, 15) is 4.79 Å². The first kappa shape index (κ1) is 19.0. The Labute approximate surface area is 160 Å². The van der Waals surface area contributed by atoms with Crippen molar-refractivity contribution in [2.75, 3.05) is 19.0 Å². The van der Waals surface area contributed by atoms with Gasteiger partial charge in [0.05, 0.1) is 18.4 Å². The summed E-state index contributed by atoms with van der Waals surface area (Å²) in [5.41, 5.74) is 3.89. The number of amides is 1. The van der Waals surface area contributed by atoms with Crippen molar-refractivity contribution in [3.8, 4) is 5.75 Å². The van der Waals surface area contributed by atoms with Crippen LogP contribution in [0.2, 0.25) is 0 Å². The van der Waals surface area contributed by atoms with Gasteiger partial charge in [-0.3, -0.25) is 9.78 Å². The number of allylic oxidation sites excluding steroid dienone is 1. The first-order valence-electron chi connectivity index (χ1n) is 9.53. The van der Waals surface area contributed by atoms with Gasteiger partial charge in [0, 0.05) is 31.0 Å². The zero-order valence-electron chi connectivity index (χ0n) is 15.8. The van der Waals surface area contributed by atoms with Gasteiger partial charge in [-0.05, 0) is 44.2 Å². The molecule has 5 nitrogen and oxygen atoms in total. The lowest BCUT2D eigenvalue weighted by Gasteiger charge is -2.13. The standard InChI is InChI=1S/C22H27N3O2/c1-27-21-10-6-5-9-18(21)15-25-20-13-19(14-23-16-20)22(26)24-12-11-17-7-3-2-4-8-17/h5-7,9-10,13-14,16,25H,2-4,8,11-12,15H2,1H3,(H,24,26). The second kappa shape index (κ2) is 9.76. The predicted molar refractivity (Wildman–Crippen MR) is 108 cm³/mol. The molecule has 0 aliphatic heterocycles.